The number of likely N-dealkylation sites (N-methyl/N-ethyl adjacent to an activating group) is 1. The van der Waals surface area contributed by atoms with Crippen molar-refractivity contribution in [1.29, 1.82) is 0 Å². The third-order valence-corrected chi connectivity index (χ3v) is 17.6. The topological polar surface area (TPSA) is 343 Å². The lowest BCUT2D eigenvalue weighted by molar-refractivity contribution is -0.172. The number of aromatic nitrogens is 2. The Labute approximate surface area is 483 Å². The van der Waals surface area contributed by atoms with Crippen LogP contribution >= 0.6 is 11.8 Å². The average Bonchev–Trinajstić information content (AvgIpc) is 3.57. The smallest absolute Gasteiger partial charge is 0.343 e. The maximum Gasteiger partial charge on any atom is 0.343 e. The Hall–Kier alpha value is -8.40. The molecule has 8 amide bonds. The van der Waals surface area contributed by atoms with Crippen molar-refractivity contribution >= 4 is 81.9 Å². The van der Waals surface area contributed by atoms with Crippen LogP contribution in [0.4, 0.5) is 4.39 Å². The molecule has 6 heterocycles. The zero-order valence-electron chi connectivity index (χ0n) is 46.8. The molecule has 0 spiro atoms. The number of ether oxygens (including phenoxy) is 2. The number of rotatable bonds is 23. The molecule has 4 aliphatic heterocycles. The number of aryl methyl sites for hydroxylation is 1. The number of pyridine rings is 2. The molecule has 0 saturated carbocycles. The van der Waals surface area contributed by atoms with Gasteiger partial charge in [0.05, 0.1) is 67.2 Å². The van der Waals surface area contributed by atoms with E-state index >= 15 is 4.39 Å². The molecule has 8 N–H and O–H groups in total. The van der Waals surface area contributed by atoms with Gasteiger partial charge in [-0.05, 0) is 74.8 Å². The van der Waals surface area contributed by atoms with E-state index in [1.807, 2.05) is 0 Å². The van der Waals surface area contributed by atoms with Crippen molar-refractivity contribution in [3.63, 3.8) is 0 Å². The van der Waals surface area contributed by atoms with Crippen LogP contribution in [0.15, 0.2) is 59.4 Å². The number of carboxylic acid groups (broad SMARTS) is 1. The number of aliphatic carboxylic acids is 1. The Kier molecular flexibility index (Phi) is 17.0. The lowest BCUT2D eigenvalue weighted by atomic mass is 9.81. The summed E-state index contributed by atoms with van der Waals surface area (Å²) < 4.78 is 26.8. The predicted molar refractivity (Wildman–Crippen MR) is 297 cm³/mol. The third-order valence-electron chi connectivity index (χ3n) is 16.1. The van der Waals surface area contributed by atoms with Gasteiger partial charge in [0.2, 0.25) is 29.5 Å². The number of fused-ring (bicyclic) bond motifs is 5. The maximum absolute atomic E-state index is 15.6. The molecule has 1 aliphatic carbocycles. The first-order valence-corrected chi connectivity index (χ1v) is 28.0. The van der Waals surface area contributed by atoms with Crippen molar-refractivity contribution < 1.29 is 72.0 Å². The van der Waals surface area contributed by atoms with Crippen molar-refractivity contribution in [2.45, 2.75) is 107 Å². The highest BCUT2D eigenvalue weighted by Gasteiger charge is 2.66. The summed E-state index contributed by atoms with van der Waals surface area (Å²) in [7, 11) is 1.61. The minimum Gasteiger partial charge on any atom is -0.480 e. The van der Waals surface area contributed by atoms with Gasteiger partial charge in [-0.1, -0.05) is 44.2 Å². The summed E-state index contributed by atoms with van der Waals surface area (Å²) in [6, 6.07) is 10.3. The lowest BCUT2D eigenvalue weighted by Gasteiger charge is -2.38. The van der Waals surface area contributed by atoms with E-state index in [0.29, 0.717) is 51.8 Å². The van der Waals surface area contributed by atoms with E-state index in [1.165, 1.54) is 29.4 Å². The van der Waals surface area contributed by atoms with Gasteiger partial charge in [-0.25, -0.2) is 14.2 Å². The highest BCUT2D eigenvalue weighted by atomic mass is 32.2. The molecule has 2 aromatic carbocycles. The second-order valence-electron chi connectivity index (χ2n) is 21.7. The fourth-order valence-electron chi connectivity index (χ4n) is 11.2. The van der Waals surface area contributed by atoms with E-state index < -0.39 is 143 Å². The molecule has 2 unspecified atom stereocenters. The Morgan fingerprint density at radius 1 is 0.929 bits per heavy atom. The molecule has 1 saturated heterocycles. The van der Waals surface area contributed by atoms with Gasteiger partial charge < -0.3 is 61.1 Å². The van der Waals surface area contributed by atoms with Gasteiger partial charge in [0.15, 0.2) is 5.60 Å². The van der Waals surface area contributed by atoms with E-state index in [9.17, 15) is 57.8 Å². The van der Waals surface area contributed by atoms with E-state index in [1.54, 1.807) is 64.2 Å². The number of nitrogens with zero attached hydrogens (tertiary/aromatic N) is 4. The molecule has 0 radical (unpaired) electrons. The molecule has 1 fully saturated rings. The van der Waals surface area contributed by atoms with Crippen LogP contribution in [0.1, 0.15) is 85.5 Å². The fraction of sp³-hybridized carbons (Fsp3) is 0.439. The van der Waals surface area contributed by atoms with Crippen LogP contribution in [0.25, 0.3) is 22.3 Å². The van der Waals surface area contributed by atoms with Crippen LogP contribution in [-0.4, -0.2) is 157 Å². The van der Waals surface area contributed by atoms with E-state index in [-0.39, 0.29) is 43.7 Å². The van der Waals surface area contributed by atoms with Gasteiger partial charge in [-0.2, -0.15) is 0 Å². The number of esters is 1. The highest BCUT2D eigenvalue weighted by Crippen LogP contribution is 2.56. The van der Waals surface area contributed by atoms with Crippen molar-refractivity contribution in [2.75, 3.05) is 46.5 Å². The molecule has 0 bridgehead atoms. The molecule has 84 heavy (non-hydrogen) atoms. The second-order valence-corrected chi connectivity index (χ2v) is 23.2. The quantitative estimate of drug-likeness (QED) is 0.0184. The molecule has 5 aliphatic rings. The van der Waals surface area contributed by atoms with Crippen molar-refractivity contribution in [2.24, 2.45) is 5.92 Å². The molecule has 27 heteroatoms. The Morgan fingerprint density at radius 3 is 2.30 bits per heavy atom. The summed E-state index contributed by atoms with van der Waals surface area (Å²) in [6.07, 6.45) is 2.94. The average molecular weight is 1180 g/mol. The first kappa shape index (κ1) is 60.2. The van der Waals surface area contributed by atoms with Gasteiger partial charge >= 0.3 is 11.9 Å². The van der Waals surface area contributed by atoms with Crippen LogP contribution < -0.4 is 37.5 Å². The molecule has 444 valence electrons. The number of carbonyl (C=O) groups is 10. The number of cyclic esters (lactones) is 1. The molecule has 2 aromatic heterocycles. The van der Waals surface area contributed by atoms with Crippen LogP contribution in [0.5, 0.6) is 0 Å². The molecule has 6 atom stereocenters. The normalized spacial score (nSPS) is 20.7. The minimum absolute atomic E-state index is 0.0357. The molecular formula is C57H63FN10O15S. The number of hydrogen-bond acceptors (Lipinski definition) is 17. The molecule has 25 nitrogen and oxygen atoms in total. The summed E-state index contributed by atoms with van der Waals surface area (Å²) >= 11 is 0.930. The van der Waals surface area contributed by atoms with Crippen LogP contribution in [0.3, 0.4) is 0 Å². The number of amides is 8. The van der Waals surface area contributed by atoms with Crippen LogP contribution in [0, 0.1) is 18.7 Å². The zero-order valence-corrected chi connectivity index (χ0v) is 47.6. The first-order valence-electron chi connectivity index (χ1n) is 27.1. The van der Waals surface area contributed by atoms with Gasteiger partial charge in [0, 0.05) is 54.4 Å². The molecular weight excluding hydrogens is 1120 g/mol. The SMILES string of the molecule is CC[C@@]1(O)C(=O)OCc2c1cc1n(c2=O)Cc2c-1nc1cc(F)c(C)c3c1c2[C@@H](N(C)C(=O)C(C)(C)OCNC(=O)CNC(=O)C(C)[C@H](Cc1ccccc1)NC(=O)CNC(=O)CNC(=O)[C@]1(CNCC(=O)O)SC1N1C(=O)C=CC1=O)CC3. The number of carboxylic acids is 1. The standard InChI is InChI=1S/C57H63FN10O15S/c1-7-56(81)34-18-39-48-32(24-67(39)50(77)33(34)25-82-54(56)80)47-38(14-13-31-28(2)35(58)19-37(65-48)46(31)47)66(6)52(79)55(4,5)83-27-63-41(70)20-61-49(76)29(3)36(17-30-11-9-8-10-12-30)64-42(71)22-60-40(69)21-62-51(78)57(26-59-23-45(74)75)53(84-57)68-43(72)15-16-44(68)73/h8-12,15-16,18-19,29,36,38,53,59,81H,7,13-14,17,20-27H2,1-6H3,(H,60,69)(H,61,76)(H,62,78)(H,63,70)(H,64,71)(H,74,75)/t29?,36-,38-,53?,56-,57-/m0/s1. The van der Waals surface area contributed by atoms with Crippen LogP contribution in [-0.2, 0) is 89.0 Å². The Bertz CT molecular complexity index is 3540. The van der Waals surface area contributed by atoms with Crippen LogP contribution in [0.2, 0.25) is 0 Å². The number of carbonyl (C=O) groups excluding carboxylic acids is 9. The van der Waals surface area contributed by atoms with E-state index in [2.05, 4.69) is 31.9 Å². The van der Waals surface area contributed by atoms with Gasteiger partial charge in [0.25, 0.3) is 23.3 Å². The number of thioether (sulfide) groups is 1. The second kappa shape index (κ2) is 23.7. The summed E-state index contributed by atoms with van der Waals surface area (Å²) in [5.74, 6) is -8.83. The number of hydrogen-bond donors (Lipinski definition) is 8. The van der Waals surface area contributed by atoms with Gasteiger partial charge in [-0.15, -0.1) is 11.8 Å². The minimum atomic E-state index is -2.07. The van der Waals surface area contributed by atoms with Crippen molar-refractivity contribution in [3.8, 4) is 11.4 Å². The summed E-state index contributed by atoms with van der Waals surface area (Å²) in [4.78, 5) is 151. The van der Waals surface area contributed by atoms with Gasteiger partial charge in [0.1, 0.15) is 34.9 Å². The van der Waals surface area contributed by atoms with Crippen molar-refractivity contribution in [3.05, 3.63) is 110 Å². The summed E-state index contributed by atoms with van der Waals surface area (Å²) in [5, 5.41) is 35.5. The Balaban J connectivity index is 0.794. The summed E-state index contributed by atoms with van der Waals surface area (Å²) in [6.45, 7) is 4.63. The highest BCUT2D eigenvalue weighted by molar-refractivity contribution is 8.09. The molecule has 9 rings (SSSR count). The maximum atomic E-state index is 15.6. The van der Waals surface area contributed by atoms with E-state index in [4.69, 9.17) is 19.6 Å². The summed E-state index contributed by atoms with van der Waals surface area (Å²) in [5.41, 5.74) is 0.300. The van der Waals surface area contributed by atoms with Crippen molar-refractivity contribution in [1.82, 2.24) is 51.3 Å². The monoisotopic (exact) mass is 1180 g/mol. The third kappa shape index (κ3) is 11.5. The largest absolute Gasteiger partial charge is 0.480 e. The number of aliphatic hydroxyl groups is 1. The number of nitrogens with one attached hydrogen (secondary N) is 6. The fourth-order valence-corrected chi connectivity index (χ4v) is 12.5. The lowest BCUT2D eigenvalue weighted by Crippen LogP contribution is -2.53. The Morgan fingerprint density at radius 2 is 1.61 bits per heavy atom. The first-order chi connectivity index (χ1) is 39.8. The number of benzene rings is 2. The van der Waals surface area contributed by atoms with Gasteiger partial charge in [-0.3, -0.25) is 52.8 Å². The molecule has 4 aromatic rings. The number of halogens is 1. The van der Waals surface area contributed by atoms with E-state index in [0.717, 1.165) is 39.9 Å². The predicted octanol–water partition coefficient (Wildman–Crippen LogP) is -0.0352. The number of imide groups is 1. The zero-order chi connectivity index (χ0) is 60.7.